The Morgan fingerprint density at radius 3 is 2.21 bits per heavy atom. The van der Waals surface area contributed by atoms with Crippen molar-refractivity contribution in [3.8, 4) is 0 Å². The topological polar surface area (TPSA) is 53.0 Å². The van der Waals surface area contributed by atoms with Gasteiger partial charge in [-0.25, -0.2) is 0 Å². The second kappa shape index (κ2) is 6.87. The van der Waals surface area contributed by atoms with E-state index >= 15 is 0 Å². The van der Waals surface area contributed by atoms with Crippen LogP contribution in [0.5, 0.6) is 0 Å². The molecule has 2 amide bonds. The van der Waals surface area contributed by atoms with E-state index in [2.05, 4.69) is 16.1 Å². The molecule has 0 aliphatic carbocycles. The molecular weight excluding hydrogens is 370 g/mol. The standard InChI is InChI=1S/C22H19N3O2S/c26-21-17-8-4-6-15-7-5-9-18(20(15)17)22(27)25(21)23-14-16-10-11-19(28-16)24-12-2-1-3-13-24/h4-11,14H,1-3,12-13H2/b23-14-. The summed E-state index contributed by atoms with van der Waals surface area (Å²) in [5.74, 6) is -0.753. The maximum atomic E-state index is 12.9. The Morgan fingerprint density at radius 2 is 1.54 bits per heavy atom. The summed E-state index contributed by atoms with van der Waals surface area (Å²) in [6, 6.07) is 15.1. The number of hydrogen-bond acceptors (Lipinski definition) is 5. The molecule has 3 heterocycles. The minimum absolute atomic E-state index is 0.377. The van der Waals surface area contributed by atoms with Crippen LogP contribution in [0.4, 0.5) is 5.00 Å². The smallest absolute Gasteiger partial charge is 0.282 e. The van der Waals surface area contributed by atoms with Gasteiger partial charge in [-0.2, -0.15) is 10.1 Å². The summed E-state index contributed by atoms with van der Waals surface area (Å²) < 4.78 is 0. The average Bonchev–Trinajstić information content (AvgIpc) is 3.21. The first-order valence-electron chi connectivity index (χ1n) is 9.52. The first kappa shape index (κ1) is 17.1. The molecule has 0 saturated carbocycles. The average molecular weight is 389 g/mol. The zero-order chi connectivity index (χ0) is 19.1. The third-order valence-electron chi connectivity index (χ3n) is 5.33. The van der Waals surface area contributed by atoms with Crippen LogP contribution in [0.2, 0.25) is 0 Å². The minimum Gasteiger partial charge on any atom is -0.363 e. The van der Waals surface area contributed by atoms with E-state index in [9.17, 15) is 9.59 Å². The molecule has 1 fully saturated rings. The zero-order valence-electron chi connectivity index (χ0n) is 15.3. The summed E-state index contributed by atoms with van der Waals surface area (Å²) in [4.78, 5) is 29.1. The van der Waals surface area contributed by atoms with E-state index in [4.69, 9.17) is 0 Å². The van der Waals surface area contributed by atoms with Gasteiger partial charge in [-0.1, -0.05) is 24.3 Å². The Hall–Kier alpha value is -2.99. The summed E-state index contributed by atoms with van der Waals surface area (Å²) in [7, 11) is 0. The SMILES string of the molecule is O=C1c2cccc3cccc(c23)C(=O)N1/N=C\c1ccc(N2CCCCC2)s1. The number of carbonyl (C=O) groups excluding carboxylic acids is 2. The van der Waals surface area contributed by atoms with Gasteiger partial charge in [0.2, 0.25) is 0 Å². The summed E-state index contributed by atoms with van der Waals surface area (Å²) in [6.07, 6.45) is 5.36. The molecule has 0 bridgehead atoms. The monoisotopic (exact) mass is 389 g/mol. The molecule has 3 aromatic rings. The third-order valence-corrected chi connectivity index (χ3v) is 6.41. The largest absolute Gasteiger partial charge is 0.363 e. The summed E-state index contributed by atoms with van der Waals surface area (Å²) in [6.45, 7) is 2.17. The molecule has 5 rings (SSSR count). The Morgan fingerprint density at radius 1 is 0.857 bits per heavy atom. The van der Waals surface area contributed by atoms with Gasteiger partial charge in [0.25, 0.3) is 11.8 Å². The Bertz CT molecular complexity index is 1060. The van der Waals surface area contributed by atoms with Crippen LogP contribution in [0.3, 0.4) is 0 Å². The molecule has 5 nitrogen and oxygen atoms in total. The third kappa shape index (κ3) is 2.81. The van der Waals surface area contributed by atoms with Crippen molar-refractivity contribution in [1.29, 1.82) is 0 Å². The fourth-order valence-electron chi connectivity index (χ4n) is 3.93. The first-order valence-corrected chi connectivity index (χ1v) is 10.3. The summed E-state index contributed by atoms with van der Waals surface area (Å²) in [5.41, 5.74) is 1.04. The summed E-state index contributed by atoms with van der Waals surface area (Å²) >= 11 is 1.64. The van der Waals surface area contributed by atoms with Crippen LogP contribution in [-0.2, 0) is 0 Å². The number of benzene rings is 2. The van der Waals surface area contributed by atoms with Crippen molar-refractivity contribution in [3.63, 3.8) is 0 Å². The van der Waals surface area contributed by atoms with Crippen molar-refractivity contribution in [2.24, 2.45) is 5.10 Å². The molecule has 0 N–H and O–H groups in total. The van der Waals surface area contributed by atoms with Crippen molar-refractivity contribution in [2.75, 3.05) is 18.0 Å². The number of piperidine rings is 1. The quantitative estimate of drug-likeness (QED) is 0.489. The molecule has 28 heavy (non-hydrogen) atoms. The van der Waals surface area contributed by atoms with Gasteiger partial charge in [0.05, 0.1) is 22.3 Å². The fourth-order valence-corrected chi connectivity index (χ4v) is 4.86. The van der Waals surface area contributed by atoms with Crippen molar-refractivity contribution in [3.05, 3.63) is 64.5 Å². The molecule has 0 unspecified atom stereocenters. The van der Waals surface area contributed by atoms with E-state index in [1.54, 1.807) is 29.7 Å². The maximum Gasteiger partial charge on any atom is 0.282 e. The molecule has 0 spiro atoms. The molecule has 2 aliphatic heterocycles. The van der Waals surface area contributed by atoms with Gasteiger partial charge in [0, 0.05) is 23.4 Å². The molecule has 0 radical (unpaired) electrons. The van der Waals surface area contributed by atoms with Gasteiger partial charge < -0.3 is 4.90 Å². The minimum atomic E-state index is -0.377. The van der Waals surface area contributed by atoms with Crippen LogP contribution in [0, 0.1) is 0 Å². The van der Waals surface area contributed by atoms with Crippen molar-refractivity contribution >= 4 is 45.1 Å². The van der Waals surface area contributed by atoms with Crippen molar-refractivity contribution in [1.82, 2.24) is 5.01 Å². The van der Waals surface area contributed by atoms with Crippen LogP contribution in [0.25, 0.3) is 10.8 Å². The molecule has 2 aromatic carbocycles. The number of amides is 2. The second-order valence-electron chi connectivity index (χ2n) is 7.10. The van der Waals surface area contributed by atoms with Crippen LogP contribution < -0.4 is 4.90 Å². The lowest BCUT2D eigenvalue weighted by Gasteiger charge is -2.27. The van der Waals surface area contributed by atoms with E-state index in [1.807, 2.05) is 30.3 Å². The van der Waals surface area contributed by atoms with E-state index in [1.165, 1.54) is 24.3 Å². The maximum absolute atomic E-state index is 12.9. The number of rotatable bonds is 3. The van der Waals surface area contributed by atoms with Gasteiger partial charge in [0.15, 0.2) is 0 Å². The van der Waals surface area contributed by atoms with Crippen LogP contribution >= 0.6 is 11.3 Å². The molecule has 140 valence electrons. The lowest BCUT2D eigenvalue weighted by atomic mass is 9.95. The fraction of sp³-hybridized carbons (Fsp3) is 0.227. The Balaban J connectivity index is 1.44. The lowest BCUT2D eigenvalue weighted by molar-refractivity contribution is 0.0616. The van der Waals surface area contributed by atoms with E-state index < -0.39 is 0 Å². The van der Waals surface area contributed by atoms with Gasteiger partial charge in [-0.3, -0.25) is 9.59 Å². The molecule has 2 aliphatic rings. The number of nitrogens with zero attached hydrogens (tertiary/aromatic N) is 3. The molecule has 1 aromatic heterocycles. The summed E-state index contributed by atoms with van der Waals surface area (Å²) in [5, 5.41) is 8.07. The van der Waals surface area contributed by atoms with Gasteiger partial charge in [-0.15, -0.1) is 11.3 Å². The zero-order valence-corrected chi connectivity index (χ0v) is 16.1. The van der Waals surface area contributed by atoms with E-state index in [-0.39, 0.29) is 11.8 Å². The highest BCUT2D eigenvalue weighted by molar-refractivity contribution is 7.17. The number of anilines is 1. The highest BCUT2D eigenvalue weighted by atomic mass is 32.1. The van der Waals surface area contributed by atoms with Crippen molar-refractivity contribution < 1.29 is 9.59 Å². The number of hydrazone groups is 1. The molecule has 0 atom stereocenters. The Labute approximate surface area is 166 Å². The highest BCUT2D eigenvalue weighted by Gasteiger charge is 2.32. The molecule has 1 saturated heterocycles. The van der Waals surface area contributed by atoms with Gasteiger partial charge in [0.1, 0.15) is 0 Å². The number of carbonyl (C=O) groups is 2. The van der Waals surface area contributed by atoms with Gasteiger partial charge in [-0.05, 0) is 48.9 Å². The van der Waals surface area contributed by atoms with Gasteiger partial charge >= 0.3 is 0 Å². The number of thiophene rings is 1. The predicted molar refractivity (Wildman–Crippen MR) is 112 cm³/mol. The van der Waals surface area contributed by atoms with Crippen LogP contribution in [0.1, 0.15) is 44.9 Å². The number of imide groups is 1. The van der Waals surface area contributed by atoms with E-state index in [0.29, 0.717) is 11.1 Å². The number of hydrogen-bond donors (Lipinski definition) is 0. The highest BCUT2D eigenvalue weighted by Crippen LogP contribution is 2.31. The Kier molecular flexibility index (Phi) is 4.20. The molecular formula is C22H19N3O2S. The lowest BCUT2D eigenvalue weighted by Crippen LogP contribution is -2.36. The first-order chi connectivity index (χ1) is 13.7. The molecule has 6 heteroatoms. The predicted octanol–water partition coefficient (Wildman–Crippen LogP) is 4.52. The van der Waals surface area contributed by atoms with E-state index in [0.717, 1.165) is 33.7 Å². The van der Waals surface area contributed by atoms with Crippen molar-refractivity contribution in [2.45, 2.75) is 19.3 Å². The van der Waals surface area contributed by atoms with Crippen LogP contribution in [0.15, 0.2) is 53.6 Å². The van der Waals surface area contributed by atoms with Crippen LogP contribution in [-0.4, -0.2) is 36.1 Å². The second-order valence-corrected chi connectivity index (χ2v) is 8.19. The normalized spacial score (nSPS) is 17.1.